The third-order valence-electron chi connectivity index (χ3n) is 9.63. The minimum Gasteiger partial charge on any atom is -0.507 e. The molecule has 2 N–H and O–H groups in total. The maximum atomic E-state index is 12.0. The molecule has 0 saturated heterocycles. The van der Waals surface area contributed by atoms with Gasteiger partial charge in [-0.1, -0.05) is 147 Å². The lowest BCUT2D eigenvalue weighted by Gasteiger charge is -2.28. The first-order valence-corrected chi connectivity index (χ1v) is 22.8. The molecular weight excluding hydrogens is 789 g/mol. The normalized spacial score (nSPS) is 11.8. The molecule has 60 heavy (non-hydrogen) atoms. The molecule has 0 fully saturated rings. The number of hydrogen-bond acceptors (Lipinski definition) is 10. The standard InChI is InChI=1S/2C22H29NO3S.C6H14/c2*1-21(2,3)16-11-14(12-17(18(16)24)22(4,5)6)13-27-19-15(20(25)26-7)9-8-10-23-19;1-3-5-6-4-2/h2*8-12,24H,13H2,1-7H3;3-6H2,1-2H3. The molecule has 0 spiro atoms. The SMILES string of the molecule is CCCCCC.COC(=O)c1cccnc1SCc1cc(C(C)(C)C)c(O)c(C(C)(C)C)c1.COC(=O)c1cccnc1SCc1cc(C(C)(C)C)c(O)c(C(C)(C)C)c1. The van der Waals surface area contributed by atoms with Gasteiger partial charge in [0, 0.05) is 23.9 Å². The molecule has 2 heterocycles. The maximum Gasteiger partial charge on any atom is 0.340 e. The van der Waals surface area contributed by atoms with Crippen molar-refractivity contribution in [1.82, 2.24) is 9.97 Å². The fraction of sp³-hybridized carbons (Fsp3) is 0.520. The van der Waals surface area contributed by atoms with E-state index in [1.807, 2.05) is 0 Å². The maximum absolute atomic E-state index is 12.0. The summed E-state index contributed by atoms with van der Waals surface area (Å²) in [4.78, 5) is 32.6. The number of rotatable bonds is 11. The quantitative estimate of drug-likeness (QED) is 0.0857. The van der Waals surface area contributed by atoms with Crippen LogP contribution in [-0.2, 0) is 42.6 Å². The summed E-state index contributed by atoms with van der Waals surface area (Å²) in [5.74, 6) is 1.26. The summed E-state index contributed by atoms with van der Waals surface area (Å²) in [6, 6.07) is 15.1. The van der Waals surface area contributed by atoms with Gasteiger partial charge in [0.05, 0.1) is 25.3 Å². The molecule has 330 valence electrons. The van der Waals surface area contributed by atoms with E-state index in [-0.39, 0.29) is 33.6 Å². The molecule has 4 rings (SSSR count). The molecular formula is C50H72N2O6S2. The first kappa shape index (κ1) is 52.1. The van der Waals surface area contributed by atoms with E-state index in [4.69, 9.17) is 9.47 Å². The molecule has 0 aliphatic carbocycles. The Kier molecular flexibility index (Phi) is 19.7. The summed E-state index contributed by atoms with van der Waals surface area (Å²) < 4.78 is 9.69. The van der Waals surface area contributed by atoms with Crippen LogP contribution < -0.4 is 0 Å². The zero-order valence-corrected chi connectivity index (χ0v) is 40.9. The number of methoxy groups -OCH3 is 2. The molecule has 10 heteroatoms. The van der Waals surface area contributed by atoms with E-state index >= 15 is 0 Å². The molecule has 0 atom stereocenters. The summed E-state index contributed by atoms with van der Waals surface area (Å²) in [6.07, 6.45) is 8.88. The predicted octanol–water partition coefficient (Wildman–Crippen LogP) is 13.5. The van der Waals surface area contributed by atoms with E-state index in [0.717, 1.165) is 33.4 Å². The smallest absolute Gasteiger partial charge is 0.340 e. The van der Waals surface area contributed by atoms with Crippen LogP contribution in [-0.4, -0.2) is 46.3 Å². The fourth-order valence-electron chi connectivity index (χ4n) is 6.19. The molecule has 0 amide bonds. The Balaban J connectivity index is 0.000000364. The van der Waals surface area contributed by atoms with E-state index in [2.05, 4.69) is 131 Å². The predicted molar refractivity (Wildman–Crippen MR) is 251 cm³/mol. The second-order valence-electron chi connectivity index (χ2n) is 19.1. The van der Waals surface area contributed by atoms with Crippen molar-refractivity contribution in [3.8, 4) is 11.5 Å². The lowest BCUT2D eigenvalue weighted by molar-refractivity contribution is 0.0587. The van der Waals surface area contributed by atoms with E-state index in [0.29, 0.717) is 44.2 Å². The van der Waals surface area contributed by atoms with E-state index in [9.17, 15) is 19.8 Å². The summed E-state index contributed by atoms with van der Waals surface area (Å²) in [7, 11) is 2.74. The number of pyridine rings is 2. The summed E-state index contributed by atoms with van der Waals surface area (Å²) in [5, 5.41) is 23.0. The Bertz CT molecular complexity index is 1800. The highest BCUT2D eigenvalue weighted by Gasteiger charge is 2.28. The van der Waals surface area contributed by atoms with Crippen LogP contribution in [0.25, 0.3) is 0 Å². The number of hydrogen-bond donors (Lipinski definition) is 2. The number of thioether (sulfide) groups is 2. The monoisotopic (exact) mass is 860 g/mol. The van der Waals surface area contributed by atoms with Crippen LogP contribution in [0.15, 0.2) is 71.0 Å². The summed E-state index contributed by atoms with van der Waals surface area (Å²) >= 11 is 2.99. The van der Waals surface area contributed by atoms with Crippen molar-refractivity contribution >= 4 is 35.5 Å². The first-order chi connectivity index (χ1) is 27.8. The van der Waals surface area contributed by atoms with Crippen molar-refractivity contribution in [2.75, 3.05) is 14.2 Å². The minimum absolute atomic E-state index is 0.174. The Hall–Kier alpha value is -4.02. The topological polar surface area (TPSA) is 119 Å². The van der Waals surface area contributed by atoms with Crippen molar-refractivity contribution in [2.45, 2.75) is 166 Å². The van der Waals surface area contributed by atoms with Crippen molar-refractivity contribution < 1.29 is 29.3 Å². The number of phenolic OH excluding ortho intramolecular Hbond substituents is 2. The molecule has 0 aliphatic heterocycles. The molecule has 2 aromatic carbocycles. The van der Waals surface area contributed by atoms with Gasteiger partial charge in [-0.15, -0.1) is 23.5 Å². The van der Waals surface area contributed by atoms with Crippen LogP contribution in [0.3, 0.4) is 0 Å². The second kappa shape index (κ2) is 22.7. The number of benzene rings is 2. The van der Waals surface area contributed by atoms with E-state index in [1.54, 1.807) is 36.7 Å². The number of esters is 2. The number of aromatic hydroxyl groups is 2. The van der Waals surface area contributed by atoms with Crippen LogP contribution in [0.2, 0.25) is 0 Å². The number of aromatic nitrogens is 2. The first-order valence-electron chi connectivity index (χ1n) is 20.9. The Morgan fingerprint density at radius 1 is 0.550 bits per heavy atom. The zero-order valence-electron chi connectivity index (χ0n) is 39.3. The summed E-state index contributed by atoms with van der Waals surface area (Å²) in [6.45, 7) is 29.6. The van der Waals surface area contributed by atoms with Gasteiger partial charge >= 0.3 is 11.9 Å². The molecule has 0 radical (unpaired) electrons. The van der Waals surface area contributed by atoms with Gasteiger partial charge in [-0.05, 0) is 79.3 Å². The minimum atomic E-state index is -0.387. The average Bonchev–Trinajstić information content (AvgIpc) is 3.17. The van der Waals surface area contributed by atoms with Crippen LogP contribution in [0.4, 0.5) is 0 Å². The highest BCUT2D eigenvalue weighted by molar-refractivity contribution is 7.98. The van der Waals surface area contributed by atoms with Crippen molar-refractivity contribution in [2.24, 2.45) is 0 Å². The fourth-order valence-corrected chi connectivity index (χ4v) is 8.01. The van der Waals surface area contributed by atoms with Gasteiger partial charge in [-0.25, -0.2) is 19.6 Å². The van der Waals surface area contributed by atoms with E-state index in [1.165, 1.54) is 63.4 Å². The highest BCUT2D eigenvalue weighted by atomic mass is 32.2. The molecule has 8 nitrogen and oxygen atoms in total. The van der Waals surface area contributed by atoms with Gasteiger partial charge in [0.1, 0.15) is 21.6 Å². The lowest BCUT2D eigenvalue weighted by atomic mass is 9.78. The number of ether oxygens (including phenoxy) is 2. The Morgan fingerprint density at radius 3 is 1.07 bits per heavy atom. The van der Waals surface area contributed by atoms with Gasteiger partial charge < -0.3 is 19.7 Å². The van der Waals surface area contributed by atoms with Gasteiger partial charge in [0.25, 0.3) is 0 Å². The van der Waals surface area contributed by atoms with Crippen LogP contribution in [0.5, 0.6) is 11.5 Å². The number of phenols is 2. The molecule has 0 unspecified atom stereocenters. The zero-order chi connectivity index (χ0) is 45.6. The van der Waals surface area contributed by atoms with Gasteiger partial charge in [0.15, 0.2) is 0 Å². The van der Waals surface area contributed by atoms with Gasteiger partial charge in [-0.3, -0.25) is 0 Å². The third kappa shape index (κ3) is 15.5. The summed E-state index contributed by atoms with van der Waals surface area (Å²) in [5.41, 5.74) is 6.15. The molecule has 2 aromatic heterocycles. The number of carbonyl (C=O) groups excluding carboxylic acids is 2. The average molecular weight is 861 g/mol. The number of nitrogens with zero attached hydrogens (tertiary/aromatic N) is 2. The Labute approximate surface area is 370 Å². The second-order valence-corrected chi connectivity index (χ2v) is 21.0. The van der Waals surface area contributed by atoms with Gasteiger partial charge in [0.2, 0.25) is 0 Å². The number of unbranched alkanes of at least 4 members (excludes halogenated alkanes) is 3. The van der Waals surface area contributed by atoms with Crippen molar-refractivity contribution in [1.29, 1.82) is 0 Å². The van der Waals surface area contributed by atoms with Crippen molar-refractivity contribution in [3.05, 3.63) is 105 Å². The third-order valence-corrected chi connectivity index (χ3v) is 11.8. The number of carbonyl (C=O) groups is 2. The van der Waals surface area contributed by atoms with Crippen LogP contribution in [0.1, 0.15) is 177 Å². The van der Waals surface area contributed by atoms with Crippen LogP contribution >= 0.6 is 23.5 Å². The van der Waals surface area contributed by atoms with Gasteiger partial charge in [-0.2, -0.15) is 0 Å². The molecule has 0 bridgehead atoms. The molecule has 4 aromatic rings. The van der Waals surface area contributed by atoms with Crippen LogP contribution in [0, 0.1) is 0 Å². The molecule has 0 saturated carbocycles. The molecule has 0 aliphatic rings. The Morgan fingerprint density at radius 2 is 0.833 bits per heavy atom. The van der Waals surface area contributed by atoms with Crippen molar-refractivity contribution in [3.63, 3.8) is 0 Å². The van der Waals surface area contributed by atoms with E-state index < -0.39 is 0 Å². The lowest BCUT2D eigenvalue weighted by Crippen LogP contribution is -2.17. The highest BCUT2D eigenvalue weighted by Crippen LogP contribution is 2.42. The largest absolute Gasteiger partial charge is 0.507 e.